The molecule has 6 nitrogen and oxygen atoms in total. The molecule has 0 saturated heterocycles. The Balaban J connectivity index is 0.00000360. The van der Waals surface area contributed by atoms with Crippen LogP contribution in [-0.2, 0) is 21.1 Å². The third-order valence-electron chi connectivity index (χ3n) is 9.76. The van der Waals surface area contributed by atoms with Crippen LogP contribution in [0.1, 0.15) is 11.1 Å². The molecule has 0 aliphatic carbocycles. The van der Waals surface area contributed by atoms with Gasteiger partial charge in [-0.3, -0.25) is 4.98 Å². The first-order valence-corrected chi connectivity index (χ1v) is 17.0. The molecule has 0 amide bonds. The van der Waals surface area contributed by atoms with Gasteiger partial charge in [0.1, 0.15) is 11.5 Å². The number of aryl methyl sites for hydroxylation is 2. The van der Waals surface area contributed by atoms with Gasteiger partial charge in [-0.05, 0) is 60.0 Å². The molecular weight excluding hydrogens is 822 g/mol. The van der Waals surface area contributed by atoms with Gasteiger partial charge in [0.25, 0.3) is 0 Å². The van der Waals surface area contributed by atoms with Gasteiger partial charge in [0, 0.05) is 40.5 Å². The first-order valence-electron chi connectivity index (χ1n) is 17.0. The Morgan fingerprint density at radius 1 is 0.558 bits per heavy atom. The zero-order valence-corrected chi connectivity index (χ0v) is 30.5. The second-order valence-corrected chi connectivity index (χ2v) is 12.8. The predicted molar refractivity (Wildman–Crippen MR) is 205 cm³/mol. The Hall–Kier alpha value is -6.10. The fourth-order valence-electron chi connectivity index (χ4n) is 7.40. The van der Waals surface area contributed by atoms with Crippen molar-refractivity contribution in [2.45, 2.75) is 13.8 Å². The molecule has 0 atom stereocenters. The fraction of sp³-hybridized carbons (Fsp3) is 0.0444. The van der Waals surface area contributed by atoms with E-state index in [0.717, 1.165) is 88.7 Å². The number of benzene rings is 5. The normalized spacial score (nSPS) is 11.5. The quantitative estimate of drug-likeness (QED) is 0.128. The van der Waals surface area contributed by atoms with Gasteiger partial charge in [0.15, 0.2) is 0 Å². The average Bonchev–Trinajstić information content (AvgIpc) is 3.72. The number of imidazole rings is 1. The average molecular weight is 851 g/mol. The molecule has 52 heavy (non-hydrogen) atoms. The van der Waals surface area contributed by atoms with Gasteiger partial charge in [-0.1, -0.05) is 101 Å². The van der Waals surface area contributed by atoms with Gasteiger partial charge in [-0.15, -0.1) is 29.7 Å². The maximum absolute atomic E-state index is 6.59. The van der Waals surface area contributed by atoms with E-state index in [9.17, 15) is 0 Å². The number of rotatable bonds is 5. The van der Waals surface area contributed by atoms with Crippen LogP contribution in [0.4, 0.5) is 0 Å². The van der Waals surface area contributed by atoms with Crippen LogP contribution in [0.2, 0.25) is 0 Å². The molecule has 0 N–H and O–H groups in total. The summed E-state index contributed by atoms with van der Waals surface area (Å²) in [6.07, 6.45) is 3.66. The van der Waals surface area contributed by atoms with E-state index in [0.29, 0.717) is 11.5 Å². The minimum absolute atomic E-state index is 0. The van der Waals surface area contributed by atoms with Crippen molar-refractivity contribution in [1.82, 2.24) is 23.9 Å². The first-order chi connectivity index (χ1) is 25.1. The maximum atomic E-state index is 6.59. The second kappa shape index (κ2) is 12.6. The van der Waals surface area contributed by atoms with Crippen LogP contribution in [0.3, 0.4) is 0 Å². The van der Waals surface area contributed by atoms with Crippen molar-refractivity contribution < 1.29 is 25.8 Å². The number of nitrogens with zero attached hydrogens (tertiary/aromatic N) is 5. The maximum Gasteiger partial charge on any atom is 2.00 e. The summed E-state index contributed by atoms with van der Waals surface area (Å²) in [5.74, 6) is 1.98. The van der Waals surface area contributed by atoms with Crippen LogP contribution in [0.25, 0.3) is 77.6 Å². The minimum Gasteiger partial charge on any atom is -0.503 e. The third-order valence-corrected chi connectivity index (χ3v) is 9.76. The van der Waals surface area contributed by atoms with Crippen LogP contribution in [0.5, 0.6) is 11.5 Å². The molecule has 0 radical (unpaired) electrons. The molecule has 0 spiro atoms. The summed E-state index contributed by atoms with van der Waals surface area (Å²) in [4.78, 5) is 15.0. The molecule has 7 heteroatoms. The molecule has 5 heterocycles. The van der Waals surface area contributed by atoms with E-state index < -0.39 is 0 Å². The Kier molecular flexibility index (Phi) is 7.71. The Bertz CT molecular complexity index is 2980. The summed E-state index contributed by atoms with van der Waals surface area (Å²) in [7, 11) is 0. The molecule has 0 bridgehead atoms. The first kappa shape index (κ1) is 31.8. The SMILES string of the molecule is Cc1ccccc1-c1nc2c3[c-]c(Oc4[c-]c5c(cc4)c4ccccc4n5-c4ccccn4)ccc3c3cccnc3n2c1-c1ccccc1C.[Pt+2]. The molecule has 10 aromatic rings. The van der Waals surface area contributed by atoms with E-state index in [2.05, 4.69) is 125 Å². The van der Waals surface area contributed by atoms with Gasteiger partial charge in [0.05, 0.1) is 17.0 Å². The summed E-state index contributed by atoms with van der Waals surface area (Å²) in [5, 5.41) is 5.09. The Morgan fingerprint density at radius 3 is 2.02 bits per heavy atom. The molecule has 0 fully saturated rings. The number of hydrogen-bond acceptors (Lipinski definition) is 4. The van der Waals surface area contributed by atoms with Crippen molar-refractivity contribution in [3.05, 3.63) is 163 Å². The van der Waals surface area contributed by atoms with Gasteiger partial charge in [0.2, 0.25) is 0 Å². The molecule has 250 valence electrons. The molecule has 5 aromatic heterocycles. The molecule has 5 aromatic carbocycles. The number of aromatic nitrogens is 5. The fourth-order valence-corrected chi connectivity index (χ4v) is 7.40. The number of ether oxygens (including phenoxy) is 1. The van der Waals surface area contributed by atoms with Crippen LogP contribution in [0, 0.1) is 26.0 Å². The number of para-hydroxylation sites is 1. The molecule has 0 aliphatic heterocycles. The Labute approximate surface area is 314 Å². The van der Waals surface area contributed by atoms with E-state index in [1.165, 1.54) is 0 Å². The summed E-state index contributed by atoms with van der Waals surface area (Å²) < 4.78 is 10.9. The molecule has 0 aliphatic rings. The second-order valence-electron chi connectivity index (χ2n) is 12.8. The third kappa shape index (κ3) is 4.94. The zero-order chi connectivity index (χ0) is 34.1. The van der Waals surface area contributed by atoms with Crippen LogP contribution >= 0.6 is 0 Å². The van der Waals surface area contributed by atoms with Crippen LogP contribution < -0.4 is 4.74 Å². The molecule has 0 unspecified atom stereocenters. The van der Waals surface area contributed by atoms with Crippen LogP contribution in [-0.4, -0.2) is 23.9 Å². The van der Waals surface area contributed by atoms with Gasteiger partial charge in [-0.2, -0.15) is 6.07 Å². The Morgan fingerprint density at radius 2 is 1.23 bits per heavy atom. The smallest absolute Gasteiger partial charge is 0.503 e. The van der Waals surface area contributed by atoms with Gasteiger partial charge in [-0.25, -0.2) is 9.97 Å². The number of pyridine rings is 3. The van der Waals surface area contributed by atoms with Crippen molar-refractivity contribution in [1.29, 1.82) is 0 Å². The predicted octanol–water partition coefficient (Wildman–Crippen LogP) is 10.9. The van der Waals surface area contributed by atoms with Crippen molar-refractivity contribution in [2.75, 3.05) is 0 Å². The molecular formula is C45H29N5OPt. The van der Waals surface area contributed by atoms with Gasteiger partial charge < -0.3 is 13.7 Å². The van der Waals surface area contributed by atoms with Gasteiger partial charge >= 0.3 is 21.1 Å². The van der Waals surface area contributed by atoms with Crippen molar-refractivity contribution in [3.8, 4) is 39.8 Å². The summed E-state index contributed by atoms with van der Waals surface area (Å²) in [6, 6.07) is 50.6. The van der Waals surface area contributed by atoms with Crippen molar-refractivity contribution in [3.63, 3.8) is 0 Å². The molecule has 10 rings (SSSR count). The summed E-state index contributed by atoms with van der Waals surface area (Å²) in [6.45, 7) is 4.28. The van der Waals surface area contributed by atoms with E-state index in [-0.39, 0.29) is 21.1 Å². The summed E-state index contributed by atoms with van der Waals surface area (Å²) in [5.41, 5.74) is 9.98. The van der Waals surface area contributed by atoms with Crippen molar-refractivity contribution in [2.24, 2.45) is 0 Å². The standard InChI is InChI=1S/C45H29N5O.Pt/c1-28-12-3-5-14-32(28)42-43(33-15-6-4-13-29(33)2)50-44-37(17-11-25-47-44)34-22-20-30(26-38(34)45(50)48-42)51-31-21-23-36-35-16-7-8-18-39(35)49(40(36)27-31)41-19-9-10-24-46-41;/h3-25H,1-2H3;/q-2;+2. The summed E-state index contributed by atoms with van der Waals surface area (Å²) >= 11 is 0. The van der Waals surface area contributed by atoms with Crippen LogP contribution in [0.15, 0.2) is 140 Å². The minimum atomic E-state index is 0. The van der Waals surface area contributed by atoms with E-state index in [4.69, 9.17) is 14.7 Å². The monoisotopic (exact) mass is 850 g/mol. The van der Waals surface area contributed by atoms with E-state index in [1.54, 1.807) is 0 Å². The topological polar surface area (TPSA) is 57.2 Å². The van der Waals surface area contributed by atoms with E-state index >= 15 is 0 Å². The zero-order valence-electron chi connectivity index (χ0n) is 28.2. The van der Waals surface area contributed by atoms with E-state index in [1.807, 2.05) is 54.9 Å². The number of fused-ring (bicyclic) bond motifs is 9. The molecule has 0 saturated carbocycles. The largest absolute Gasteiger partial charge is 2.00 e. The van der Waals surface area contributed by atoms with Crippen molar-refractivity contribution >= 4 is 49.3 Å². The number of hydrogen-bond donors (Lipinski definition) is 0.